The quantitative estimate of drug-likeness (QED) is 0.0830. The molecule has 2 atom stereocenters. The number of ether oxygens (including phenoxy) is 2. The second-order valence-electron chi connectivity index (χ2n) is 18.3. The molecule has 2 aliphatic heterocycles. The van der Waals surface area contributed by atoms with E-state index in [0.717, 1.165) is 69.0 Å². The lowest BCUT2D eigenvalue weighted by molar-refractivity contribution is 0.0696. The second-order valence-corrected chi connectivity index (χ2v) is 18.3. The van der Waals surface area contributed by atoms with Crippen molar-refractivity contribution in [1.29, 1.82) is 0 Å². The first-order valence-electron chi connectivity index (χ1n) is 24.6. The Morgan fingerprint density at radius 1 is 0.500 bits per heavy atom. The van der Waals surface area contributed by atoms with Gasteiger partial charge in [-0.25, -0.2) is 4.79 Å². The van der Waals surface area contributed by atoms with Crippen LogP contribution >= 0.6 is 0 Å². The van der Waals surface area contributed by atoms with E-state index in [2.05, 4.69) is 38.6 Å². The van der Waals surface area contributed by atoms with E-state index in [-0.39, 0.29) is 29.5 Å². The third-order valence-corrected chi connectivity index (χ3v) is 13.3. The first-order valence-corrected chi connectivity index (χ1v) is 24.6. The molecule has 0 aromatic heterocycles. The molecule has 0 bridgehead atoms. The Labute approximate surface area is 431 Å². The summed E-state index contributed by atoms with van der Waals surface area (Å²) in [6.45, 7) is 7.79. The van der Waals surface area contributed by atoms with Crippen LogP contribution in [-0.2, 0) is 13.1 Å². The first-order chi connectivity index (χ1) is 36.0. The topological polar surface area (TPSA) is 164 Å². The molecule has 2 heterocycles. The SMILES string of the molecule is C[C@H](NC(=O)c1ccc2c(c1)OCCN2Cc1ccccc1-c1ccc(C(=O)O)cc1)c1ccccc1.C[C@H](NC(=O)c1ccc2c(c1)OCCN2Cc1ccccc1-c1ccc(C(N)=O)cc1)c1ccccc1. The number of anilines is 2. The van der Waals surface area contributed by atoms with Gasteiger partial charge in [0.05, 0.1) is 42.1 Å². The molecule has 8 aromatic carbocycles. The van der Waals surface area contributed by atoms with E-state index in [1.165, 1.54) is 0 Å². The van der Waals surface area contributed by atoms with Gasteiger partial charge in [-0.2, -0.15) is 0 Å². The van der Waals surface area contributed by atoms with Crippen LogP contribution in [0.2, 0.25) is 0 Å². The number of benzene rings is 8. The zero-order valence-electron chi connectivity index (χ0n) is 41.2. The van der Waals surface area contributed by atoms with Crippen molar-refractivity contribution in [1.82, 2.24) is 10.6 Å². The fourth-order valence-electron chi connectivity index (χ4n) is 9.27. The number of aromatic carboxylic acids is 1. The lowest BCUT2D eigenvalue weighted by Crippen LogP contribution is -2.33. The van der Waals surface area contributed by atoms with Gasteiger partial charge in [-0.1, -0.05) is 133 Å². The van der Waals surface area contributed by atoms with Crippen LogP contribution in [0, 0.1) is 0 Å². The number of hydrogen-bond donors (Lipinski definition) is 4. The number of nitrogens with zero attached hydrogens (tertiary/aromatic N) is 2. The molecule has 0 saturated carbocycles. The Bertz CT molecular complexity index is 3050. The first kappa shape index (κ1) is 49.8. The van der Waals surface area contributed by atoms with Crippen molar-refractivity contribution in [2.75, 3.05) is 36.1 Å². The summed E-state index contributed by atoms with van der Waals surface area (Å²) in [6, 6.07) is 61.4. The fraction of sp³-hybridized carbons (Fsp3) is 0.161. The summed E-state index contributed by atoms with van der Waals surface area (Å²) in [4.78, 5) is 53.1. The van der Waals surface area contributed by atoms with E-state index >= 15 is 0 Å². The fourth-order valence-corrected chi connectivity index (χ4v) is 9.27. The summed E-state index contributed by atoms with van der Waals surface area (Å²) in [7, 11) is 0. The number of fused-ring (bicyclic) bond motifs is 2. The second kappa shape index (κ2) is 22.9. The highest BCUT2D eigenvalue weighted by Crippen LogP contribution is 2.37. The number of amides is 3. The largest absolute Gasteiger partial charge is 0.490 e. The summed E-state index contributed by atoms with van der Waals surface area (Å²) in [6.07, 6.45) is 0. The summed E-state index contributed by atoms with van der Waals surface area (Å²) in [5.41, 5.74) is 17.7. The van der Waals surface area contributed by atoms with E-state index in [0.29, 0.717) is 54.5 Å². The molecule has 74 heavy (non-hydrogen) atoms. The van der Waals surface area contributed by atoms with E-state index in [1.54, 1.807) is 24.3 Å². The normalized spacial score (nSPS) is 13.3. The van der Waals surface area contributed by atoms with Crippen LogP contribution in [0.4, 0.5) is 11.4 Å². The number of carboxylic acid groups (broad SMARTS) is 1. The molecule has 3 amide bonds. The lowest BCUT2D eigenvalue weighted by atomic mass is 9.98. The molecule has 12 nitrogen and oxygen atoms in total. The van der Waals surface area contributed by atoms with Crippen molar-refractivity contribution in [3.05, 3.63) is 239 Å². The van der Waals surface area contributed by atoms with Gasteiger partial charge in [-0.05, 0) is 119 Å². The maximum absolute atomic E-state index is 12.9. The van der Waals surface area contributed by atoms with Crippen molar-refractivity contribution >= 4 is 35.1 Å². The van der Waals surface area contributed by atoms with Crippen LogP contribution in [0.3, 0.4) is 0 Å². The Morgan fingerprint density at radius 3 is 1.28 bits per heavy atom. The number of rotatable bonds is 14. The van der Waals surface area contributed by atoms with Crippen molar-refractivity contribution in [3.63, 3.8) is 0 Å². The molecule has 10 rings (SSSR count). The number of nitrogens with one attached hydrogen (secondary N) is 2. The Hall–Kier alpha value is -9.16. The molecule has 372 valence electrons. The van der Waals surface area contributed by atoms with Gasteiger partial charge in [0, 0.05) is 29.8 Å². The predicted octanol–water partition coefficient (Wildman–Crippen LogP) is 11.3. The summed E-state index contributed by atoms with van der Waals surface area (Å²) in [5, 5.41) is 15.3. The number of primary amides is 1. The van der Waals surface area contributed by atoms with E-state index in [9.17, 15) is 24.3 Å². The molecular formula is C62H57N5O7. The van der Waals surface area contributed by atoms with Crippen molar-refractivity contribution < 1.29 is 33.8 Å². The van der Waals surface area contributed by atoms with Crippen molar-refractivity contribution in [2.24, 2.45) is 5.73 Å². The van der Waals surface area contributed by atoms with Crippen LogP contribution in [0.1, 0.15) is 89.6 Å². The number of hydrogen-bond acceptors (Lipinski definition) is 8. The minimum Gasteiger partial charge on any atom is -0.490 e. The zero-order chi connectivity index (χ0) is 51.6. The van der Waals surface area contributed by atoms with E-state index < -0.39 is 11.9 Å². The molecule has 0 aliphatic carbocycles. The third kappa shape index (κ3) is 11.8. The number of carboxylic acids is 1. The van der Waals surface area contributed by atoms with Crippen LogP contribution < -0.4 is 35.6 Å². The highest BCUT2D eigenvalue weighted by Gasteiger charge is 2.24. The van der Waals surface area contributed by atoms with Gasteiger partial charge in [0.25, 0.3) is 11.8 Å². The maximum Gasteiger partial charge on any atom is 0.335 e. The molecule has 12 heteroatoms. The van der Waals surface area contributed by atoms with Crippen molar-refractivity contribution in [2.45, 2.75) is 39.0 Å². The van der Waals surface area contributed by atoms with Gasteiger partial charge in [0.2, 0.25) is 5.91 Å². The minimum atomic E-state index is -0.938. The van der Waals surface area contributed by atoms with Crippen LogP contribution in [0.5, 0.6) is 11.5 Å². The minimum absolute atomic E-state index is 0.101. The molecule has 0 fully saturated rings. The number of carbonyl (C=O) groups is 4. The van der Waals surface area contributed by atoms with Gasteiger partial charge in [0.15, 0.2) is 0 Å². The standard InChI is InChI=1S/C31H29N3O3.C31H28N2O4/c1-21(22-7-3-2-4-8-22)33-31(36)25-15-16-28-29(19-25)37-18-17-34(28)20-26-9-5-6-10-27(26)23-11-13-24(14-12-23)30(32)35;1-21(22-7-3-2-4-8-22)32-30(34)25-15-16-28-29(19-25)37-18-17-33(28)20-26-9-5-6-10-27(26)23-11-13-24(14-12-23)31(35)36/h2-16,19,21H,17-18,20H2,1H3,(H2,32,35)(H,33,36);2-16,19,21H,17-18,20H2,1H3,(H,32,34)(H,35,36)/t2*21-/m00/s1. The highest BCUT2D eigenvalue weighted by molar-refractivity contribution is 5.97. The summed E-state index contributed by atoms with van der Waals surface area (Å²) in [5.74, 6) is -0.261. The van der Waals surface area contributed by atoms with Crippen LogP contribution in [-0.4, -0.2) is 55.1 Å². The molecule has 0 saturated heterocycles. The summed E-state index contributed by atoms with van der Waals surface area (Å²) < 4.78 is 11.9. The molecule has 0 unspecified atom stereocenters. The smallest absolute Gasteiger partial charge is 0.335 e. The number of nitrogens with two attached hydrogens (primary N) is 1. The van der Waals surface area contributed by atoms with E-state index in [4.69, 9.17) is 15.2 Å². The monoisotopic (exact) mass is 983 g/mol. The number of carbonyl (C=O) groups excluding carboxylic acids is 3. The lowest BCUT2D eigenvalue weighted by Gasteiger charge is -2.32. The average molecular weight is 984 g/mol. The molecule has 0 radical (unpaired) electrons. The molecule has 8 aromatic rings. The van der Waals surface area contributed by atoms with Gasteiger partial charge < -0.3 is 40.7 Å². The van der Waals surface area contributed by atoms with Gasteiger partial charge >= 0.3 is 5.97 Å². The molecule has 5 N–H and O–H groups in total. The maximum atomic E-state index is 12.9. The van der Waals surface area contributed by atoms with Crippen LogP contribution in [0.25, 0.3) is 22.3 Å². The Kier molecular flexibility index (Phi) is 15.4. The average Bonchev–Trinajstić information content (AvgIpc) is 3.44. The molecule has 2 aliphatic rings. The molecular weight excluding hydrogens is 927 g/mol. The molecule has 0 spiro atoms. The summed E-state index contributed by atoms with van der Waals surface area (Å²) >= 11 is 0. The highest BCUT2D eigenvalue weighted by atomic mass is 16.5. The predicted molar refractivity (Wildman–Crippen MR) is 290 cm³/mol. The van der Waals surface area contributed by atoms with E-state index in [1.807, 2.05) is 166 Å². The Balaban J connectivity index is 0.000000182. The third-order valence-electron chi connectivity index (χ3n) is 13.3. The van der Waals surface area contributed by atoms with Gasteiger partial charge in [0.1, 0.15) is 24.7 Å². The van der Waals surface area contributed by atoms with Gasteiger partial charge in [-0.3, -0.25) is 14.4 Å². The Morgan fingerprint density at radius 2 is 0.878 bits per heavy atom. The van der Waals surface area contributed by atoms with Crippen LogP contribution in [0.15, 0.2) is 194 Å². The van der Waals surface area contributed by atoms with Crippen molar-refractivity contribution in [3.8, 4) is 33.8 Å². The zero-order valence-corrected chi connectivity index (χ0v) is 41.2. The van der Waals surface area contributed by atoms with Gasteiger partial charge in [-0.15, -0.1) is 0 Å².